The molecule has 0 aliphatic carbocycles. The number of benzene rings is 1. The molecule has 1 aromatic heterocycles. The second-order valence-electron chi connectivity index (χ2n) is 4.27. The van der Waals surface area contributed by atoms with Crippen LogP contribution in [0.5, 0.6) is 0 Å². The van der Waals surface area contributed by atoms with E-state index in [1.165, 1.54) is 23.5 Å². The lowest BCUT2D eigenvalue weighted by Gasteiger charge is -2.05. The summed E-state index contributed by atoms with van der Waals surface area (Å²) in [5.41, 5.74) is 0.866. The average Bonchev–Trinajstić information content (AvgIpc) is 2.74. The molecule has 7 heteroatoms. The van der Waals surface area contributed by atoms with Gasteiger partial charge in [0, 0.05) is 10.6 Å². The van der Waals surface area contributed by atoms with Crippen molar-refractivity contribution in [2.45, 2.75) is 13.8 Å². The van der Waals surface area contributed by atoms with Crippen LogP contribution in [0.2, 0.25) is 10.0 Å². The van der Waals surface area contributed by atoms with Crippen LogP contribution in [0.4, 0.5) is 0 Å². The number of carbonyl (C=O) groups excluding carboxylic acids is 2. The molecule has 0 unspecified atom stereocenters. The van der Waals surface area contributed by atoms with Crippen molar-refractivity contribution in [2.24, 2.45) is 0 Å². The Morgan fingerprint density at radius 3 is 2.57 bits per heavy atom. The number of hydrogen-bond donors (Lipinski definition) is 0. The Hall–Kier alpha value is -1.43. The summed E-state index contributed by atoms with van der Waals surface area (Å²) in [6, 6.07) is 4.52. The molecule has 110 valence electrons. The standard InChI is InChI=1S/C14H11Cl2NO3S/c1-7-13(21-8(2)17-7)14(19)20-6-12(18)10-4-3-9(15)5-11(10)16/h3-5H,6H2,1-2H3. The third-order valence-corrected chi connectivity index (χ3v) is 4.26. The molecule has 4 nitrogen and oxygen atoms in total. The van der Waals surface area contributed by atoms with Gasteiger partial charge in [-0.1, -0.05) is 23.2 Å². The fourth-order valence-electron chi connectivity index (χ4n) is 1.71. The molecule has 0 aliphatic heterocycles. The summed E-state index contributed by atoms with van der Waals surface area (Å²) >= 11 is 12.9. The number of aryl methyl sites for hydroxylation is 2. The van der Waals surface area contributed by atoms with E-state index < -0.39 is 5.97 Å². The predicted octanol–water partition coefficient (Wildman–Crippen LogP) is 4.11. The van der Waals surface area contributed by atoms with E-state index in [1.54, 1.807) is 19.9 Å². The SMILES string of the molecule is Cc1nc(C)c(C(=O)OCC(=O)c2ccc(Cl)cc2Cl)s1. The number of aromatic nitrogens is 1. The molecule has 2 rings (SSSR count). The number of nitrogens with zero attached hydrogens (tertiary/aromatic N) is 1. The zero-order chi connectivity index (χ0) is 15.6. The first-order chi connectivity index (χ1) is 9.88. The van der Waals surface area contributed by atoms with Gasteiger partial charge in [-0.3, -0.25) is 4.79 Å². The van der Waals surface area contributed by atoms with E-state index in [0.29, 0.717) is 15.6 Å². The number of carbonyl (C=O) groups is 2. The summed E-state index contributed by atoms with van der Waals surface area (Å²) in [6.45, 7) is 3.14. The lowest BCUT2D eigenvalue weighted by atomic mass is 10.1. The van der Waals surface area contributed by atoms with Crippen LogP contribution in [0.1, 0.15) is 30.7 Å². The van der Waals surface area contributed by atoms with E-state index in [4.69, 9.17) is 27.9 Å². The van der Waals surface area contributed by atoms with Gasteiger partial charge in [0.15, 0.2) is 6.61 Å². The van der Waals surface area contributed by atoms with Gasteiger partial charge in [0.2, 0.25) is 5.78 Å². The second-order valence-corrected chi connectivity index (χ2v) is 6.32. The first-order valence-electron chi connectivity index (χ1n) is 5.98. The average molecular weight is 344 g/mol. The van der Waals surface area contributed by atoms with Crippen LogP contribution in [-0.4, -0.2) is 23.3 Å². The van der Waals surface area contributed by atoms with Crippen molar-refractivity contribution in [3.8, 4) is 0 Å². The number of halogens is 2. The summed E-state index contributed by atoms with van der Waals surface area (Å²) in [4.78, 5) is 28.4. The molecule has 0 radical (unpaired) electrons. The maximum Gasteiger partial charge on any atom is 0.350 e. The Kier molecular flexibility index (Phi) is 4.98. The maximum atomic E-state index is 12.0. The van der Waals surface area contributed by atoms with Crippen molar-refractivity contribution in [2.75, 3.05) is 6.61 Å². The molecule has 1 heterocycles. The van der Waals surface area contributed by atoms with Crippen LogP contribution in [0, 0.1) is 13.8 Å². The third-order valence-electron chi connectivity index (χ3n) is 2.65. The van der Waals surface area contributed by atoms with Crippen molar-refractivity contribution in [1.82, 2.24) is 4.98 Å². The molecule has 0 fully saturated rings. The van der Waals surface area contributed by atoms with Crippen molar-refractivity contribution in [3.05, 3.63) is 49.4 Å². The molecule has 1 aromatic carbocycles. The van der Waals surface area contributed by atoms with Crippen LogP contribution >= 0.6 is 34.5 Å². The lowest BCUT2D eigenvalue weighted by Crippen LogP contribution is -2.14. The van der Waals surface area contributed by atoms with Gasteiger partial charge in [-0.15, -0.1) is 11.3 Å². The molecule has 0 atom stereocenters. The molecule has 0 N–H and O–H groups in total. The summed E-state index contributed by atoms with van der Waals surface area (Å²) in [7, 11) is 0. The van der Waals surface area contributed by atoms with E-state index in [9.17, 15) is 9.59 Å². The van der Waals surface area contributed by atoms with Crippen LogP contribution < -0.4 is 0 Å². The fraction of sp³-hybridized carbons (Fsp3) is 0.214. The third kappa shape index (κ3) is 3.81. The van der Waals surface area contributed by atoms with E-state index >= 15 is 0 Å². The first-order valence-corrected chi connectivity index (χ1v) is 7.55. The first kappa shape index (κ1) is 15.9. The number of thiazole rings is 1. The minimum Gasteiger partial charge on any atom is -0.453 e. The van der Waals surface area contributed by atoms with E-state index in [0.717, 1.165) is 5.01 Å². The number of hydrogen-bond acceptors (Lipinski definition) is 5. The number of rotatable bonds is 4. The Morgan fingerprint density at radius 2 is 2.00 bits per heavy atom. The Labute approximate surface area is 135 Å². The van der Waals surface area contributed by atoms with Gasteiger partial charge in [0.25, 0.3) is 0 Å². The molecule has 2 aromatic rings. The normalized spacial score (nSPS) is 10.5. The summed E-state index contributed by atoms with van der Waals surface area (Å²) < 4.78 is 5.01. The molecule has 0 aliphatic rings. The molecule has 0 spiro atoms. The largest absolute Gasteiger partial charge is 0.453 e. The van der Waals surface area contributed by atoms with Gasteiger partial charge in [-0.25, -0.2) is 9.78 Å². The van der Waals surface area contributed by atoms with Crippen LogP contribution in [0.3, 0.4) is 0 Å². The highest BCUT2D eigenvalue weighted by Crippen LogP contribution is 2.22. The molecule has 0 saturated heterocycles. The van der Waals surface area contributed by atoms with Crippen LogP contribution in [0.25, 0.3) is 0 Å². The zero-order valence-electron chi connectivity index (χ0n) is 11.3. The minimum absolute atomic E-state index is 0.230. The summed E-state index contributed by atoms with van der Waals surface area (Å²) in [5, 5.41) is 1.43. The molecule has 0 saturated carbocycles. The quantitative estimate of drug-likeness (QED) is 0.619. The highest BCUT2D eigenvalue weighted by atomic mass is 35.5. The van der Waals surface area contributed by atoms with Crippen molar-refractivity contribution >= 4 is 46.3 Å². The minimum atomic E-state index is -0.559. The van der Waals surface area contributed by atoms with E-state index in [2.05, 4.69) is 4.98 Å². The molecule has 21 heavy (non-hydrogen) atoms. The topological polar surface area (TPSA) is 56.3 Å². The number of Topliss-reactive ketones (excluding diaryl/α,β-unsaturated/α-hetero) is 1. The Morgan fingerprint density at radius 1 is 1.29 bits per heavy atom. The van der Waals surface area contributed by atoms with E-state index in [-0.39, 0.29) is 23.0 Å². The predicted molar refractivity (Wildman–Crippen MR) is 82.7 cm³/mol. The zero-order valence-corrected chi connectivity index (χ0v) is 13.6. The Bertz CT molecular complexity index is 712. The summed E-state index contributed by atoms with van der Waals surface area (Å²) in [6.07, 6.45) is 0. The van der Waals surface area contributed by atoms with Gasteiger partial charge in [-0.2, -0.15) is 0 Å². The van der Waals surface area contributed by atoms with Crippen LogP contribution in [0.15, 0.2) is 18.2 Å². The smallest absolute Gasteiger partial charge is 0.350 e. The number of ketones is 1. The molecular weight excluding hydrogens is 333 g/mol. The highest BCUT2D eigenvalue weighted by molar-refractivity contribution is 7.13. The van der Waals surface area contributed by atoms with Crippen molar-refractivity contribution in [1.29, 1.82) is 0 Å². The van der Waals surface area contributed by atoms with E-state index in [1.807, 2.05) is 0 Å². The van der Waals surface area contributed by atoms with Gasteiger partial charge in [0.1, 0.15) is 4.88 Å². The van der Waals surface area contributed by atoms with Crippen molar-refractivity contribution < 1.29 is 14.3 Å². The van der Waals surface area contributed by atoms with Crippen molar-refractivity contribution in [3.63, 3.8) is 0 Å². The monoisotopic (exact) mass is 343 g/mol. The molecular formula is C14H11Cl2NO3S. The second kappa shape index (κ2) is 6.56. The maximum absolute atomic E-state index is 12.0. The lowest BCUT2D eigenvalue weighted by molar-refractivity contribution is 0.0478. The fourth-order valence-corrected chi connectivity index (χ4v) is 3.04. The Balaban J connectivity index is 2.04. The summed E-state index contributed by atoms with van der Waals surface area (Å²) in [5.74, 6) is -0.944. The molecule has 0 amide bonds. The molecule has 0 bridgehead atoms. The van der Waals surface area contributed by atoms with Crippen LogP contribution in [-0.2, 0) is 4.74 Å². The van der Waals surface area contributed by atoms with Gasteiger partial charge < -0.3 is 4.74 Å². The highest BCUT2D eigenvalue weighted by Gasteiger charge is 2.18. The number of ether oxygens (including phenoxy) is 1. The van der Waals surface area contributed by atoms with Gasteiger partial charge in [-0.05, 0) is 32.0 Å². The number of esters is 1. The van der Waals surface area contributed by atoms with Gasteiger partial charge >= 0.3 is 5.97 Å². The van der Waals surface area contributed by atoms with Gasteiger partial charge in [0.05, 0.1) is 15.7 Å².